The Balaban J connectivity index is 1.15. The Labute approximate surface area is 294 Å². The summed E-state index contributed by atoms with van der Waals surface area (Å²) in [7, 11) is -2.72. The number of nitrogens with zero attached hydrogens (tertiary/aromatic N) is 2. The Morgan fingerprint density at radius 3 is 1.76 bits per heavy atom. The Bertz CT molecular complexity index is 3010. The van der Waals surface area contributed by atoms with Crippen LogP contribution in [0.15, 0.2) is 174 Å². The van der Waals surface area contributed by atoms with Gasteiger partial charge in [-0.3, -0.25) is 4.98 Å². The van der Waals surface area contributed by atoms with Gasteiger partial charge in [0.15, 0.2) is 13.7 Å². The van der Waals surface area contributed by atoms with Crippen LogP contribution in [0.4, 0.5) is 0 Å². The molecule has 5 heterocycles. The molecule has 0 N–H and O–H groups in total. The maximum atomic E-state index is 6.15. The highest BCUT2D eigenvalue weighted by atomic mass is 28.3. The number of rotatable bonds is 2. The first-order valence-corrected chi connectivity index (χ1v) is 19.5. The van der Waals surface area contributed by atoms with Crippen LogP contribution in [0.25, 0.3) is 82.9 Å². The summed E-state index contributed by atoms with van der Waals surface area (Å²) in [6.45, 7) is 0. The predicted octanol–water partition coefficient (Wildman–Crippen LogP) is 9.08. The number of para-hydroxylation sites is 2. The number of pyridine rings is 1. The van der Waals surface area contributed by atoms with E-state index in [1.54, 1.807) is 0 Å². The van der Waals surface area contributed by atoms with Crippen LogP contribution in [0.1, 0.15) is 0 Å². The lowest BCUT2D eigenvalue weighted by Gasteiger charge is -2.28. The fraction of sp³-hybridized carbons (Fsp3) is 0. The molecule has 0 saturated heterocycles. The number of benzene rings is 7. The van der Waals surface area contributed by atoms with E-state index in [0.717, 1.165) is 22.1 Å². The molecular formula is C47H28N2OSi. The van der Waals surface area contributed by atoms with Crippen LogP contribution < -0.4 is 20.7 Å². The summed E-state index contributed by atoms with van der Waals surface area (Å²) in [6, 6.07) is 60.9. The molecule has 2 aliphatic rings. The second kappa shape index (κ2) is 9.81. The molecule has 0 saturated carbocycles. The first kappa shape index (κ1) is 27.3. The third-order valence-electron chi connectivity index (χ3n) is 11.5. The van der Waals surface area contributed by atoms with Crippen molar-refractivity contribution < 1.29 is 4.42 Å². The molecule has 0 atom stereocenters. The smallest absolute Gasteiger partial charge is 0.182 e. The molecule has 0 amide bonds. The van der Waals surface area contributed by atoms with Gasteiger partial charge in [-0.2, -0.15) is 0 Å². The van der Waals surface area contributed by atoms with E-state index < -0.39 is 8.07 Å². The van der Waals surface area contributed by atoms with Crippen LogP contribution >= 0.6 is 0 Å². The minimum Gasteiger partial charge on any atom is -0.454 e. The van der Waals surface area contributed by atoms with Crippen LogP contribution in [-0.2, 0) is 0 Å². The Morgan fingerprint density at radius 1 is 0.431 bits per heavy atom. The molecule has 7 aromatic carbocycles. The van der Waals surface area contributed by atoms with E-state index in [0.29, 0.717) is 0 Å². The standard InChI is InChI=1S/C47H28N2OSi/c1-5-14-39-32(10-1)33-11-2-6-15-40(33)49(39)31-21-23-37-36-22-19-30(29-20-24-41-38(26-29)47-42(50-41)16-9-25-48-47)27-45(36)51(46(37)28-31)43-17-7-3-12-34(43)35-13-4-8-18-44(35)51/h1-28H. The summed E-state index contributed by atoms with van der Waals surface area (Å²) in [5, 5.41) is 9.48. The molecule has 0 aliphatic carbocycles. The predicted molar refractivity (Wildman–Crippen MR) is 213 cm³/mol. The van der Waals surface area contributed by atoms with Crippen LogP contribution in [0.3, 0.4) is 0 Å². The van der Waals surface area contributed by atoms with Crippen molar-refractivity contribution >= 4 is 72.7 Å². The van der Waals surface area contributed by atoms with Gasteiger partial charge in [-0.15, -0.1) is 0 Å². The Morgan fingerprint density at radius 2 is 1.02 bits per heavy atom. The lowest BCUT2D eigenvalue weighted by molar-refractivity contribution is 0.668. The first-order valence-electron chi connectivity index (χ1n) is 17.5. The number of hydrogen-bond donors (Lipinski definition) is 0. The minimum atomic E-state index is -2.72. The molecule has 0 unspecified atom stereocenters. The maximum Gasteiger partial charge on any atom is 0.182 e. The van der Waals surface area contributed by atoms with Crippen molar-refractivity contribution in [1.29, 1.82) is 0 Å². The zero-order chi connectivity index (χ0) is 33.3. The van der Waals surface area contributed by atoms with Crippen molar-refractivity contribution in [3.05, 3.63) is 170 Å². The van der Waals surface area contributed by atoms with Gasteiger partial charge < -0.3 is 8.98 Å². The fourth-order valence-electron chi connectivity index (χ4n) is 9.42. The second-order valence-corrected chi connectivity index (χ2v) is 17.5. The van der Waals surface area contributed by atoms with Crippen LogP contribution in [0.5, 0.6) is 0 Å². The van der Waals surface area contributed by atoms with Crippen LogP contribution in [0.2, 0.25) is 0 Å². The van der Waals surface area contributed by atoms with Crippen molar-refractivity contribution in [3.8, 4) is 39.1 Å². The highest BCUT2D eigenvalue weighted by molar-refractivity contribution is 7.24. The van der Waals surface area contributed by atoms with E-state index in [1.165, 1.54) is 81.6 Å². The van der Waals surface area contributed by atoms with Gasteiger partial charge in [0.1, 0.15) is 11.1 Å². The molecule has 3 aromatic heterocycles. The van der Waals surface area contributed by atoms with Crippen molar-refractivity contribution in [1.82, 2.24) is 9.55 Å². The van der Waals surface area contributed by atoms with Gasteiger partial charge >= 0.3 is 0 Å². The normalized spacial score (nSPS) is 13.6. The van der Waals surface area contributed by atoms with Crippen LogP contribution in [-0.4, -0.2) is 17.6 Å². The average molecular weight is 665 g/mol. The van der Waals surface area contributed by atoms with Gasteiger partial charge in [0.2, 0.25) is 0 Å². The first-order chi connectivity index (χ1) is 25.3. The van der Waals surface area contributed by atoms with E-state index in [1.807, 2.05) is 18.3 Å². The van der Waals surface area contributed by atoms with Gasteiger partial charge in [0.25, 0.3) is 0 Å². The zero-order valence-corrected chi connectivity index (χ0v) is 28.5. The van der Waals surface area contributed by atoms with Gasteiger partial charge in [-0.05, 0) is 103 Å². The number of hydrogen-bond acceptors (Lipinski definition) is 2. The Hall–Kier alpha value is -6.49. The summed E-state index contributed by atoms with van der Waals surface area (Å²) in [6.07, 6.45) is 1.84. The molecular weight excluding hydrogens is 637 g/mol. The number of aromatic nitrogens is 2. The lowest BCUT2D eigenvalue weighted by Crippen LogP contribution is -2.70. The highest BCUT2D eigenvalue weighted by Crippen LogP contribution is 2.40. The minimum absolute atomic E-state index is 0.818. The molecule has 51 heavy (non-hydrogen) atoms. The topological polar surface area (TPSA) is 31.0 Å². The van der Waals surface area contributed by atoms with Crippen molar-refractivity contribution in [2.75, 3.05) is 0 Å². The molecule has 4 heteroatoms. The number of furan rings is 1. The summed E-state index contributed by atoms with van der Waals surface area (Å²) in [4.78, 5) is 4.68. The molecule has 12 rings (SSSR count). The van der Waals surface area contributed by atoms with Crippen molar-refractivity contribution in [3.63, 3.8) is 0 Å². The quantitative estimate of drug-likeness (QED) is 0.173. The van der Waals surface area contributed by atoms with E-state index in [4.69, 9.17) is 4.42 Å². The lowest BCUT2D eigenvalue weighted by atomic mass is 9.99. The van der Waals surface area contributed by atoms with E-state index >= 15 is 0 Å². The summed E-state index contributed by atoms with van der Waals surface area (Å²) < 4.78 is 8.62. The zero-order valence-electron chi connectivity index (χ0n) is 27.5. The highest BCUT2D eigenvalue weighted by Gasteiger charge is 2.54. The van der Waals surface area contributed by atoms with E-state index in [9.17, 15) is 0 Å². The van der Waals surface area contributed by atoms with Gasteiger partial charge in [0.05, 0.1) is 11.0 Å². The molecule has 10 aromatic rings. The third-order valence-corrected chi connectivity index (χ3v) is 16.4. The number of fused-ring (bicyclic) bond motifs is 16. The van der Waals surface area contributed by atoms with Gasteiger partial charge in [-0.25, -0.2) is 0 Å². The van der Waals surface area contributed by atoms with Crippen molar-refractivity contribution in [2.45, 2.75) is 0 Å². The SMILES string of the molecule is c1ccc2c(c1)-c1ccccc1[Si]21c2cc(-c3ccc4oc5cccnc5c4c3)ccc2-c2ccc(-n3c4ccccc4c4ccccc43)cc21. The summed E-state index contributed by atoms with van der Waals surface area (Å²) in [5.41, 5.74) is 14.1. The van der Waals surface area contributed by atoms with E-state index in [-0.39, 0.29) is 0 Å². The molecule has 2 aliphatic heterocycles. The summed E-state index contributed by atoms with van der Waals surface area (Å²) in [5.74, 6) is 0. The van der Waals surface area contributed by atoms with Gasteiger partial charge in [0, 0.05) is 28.0 Å². The maximum absolute atomic E-state index is 6.15. The largest absolute Gasteiger partial charge is 0.454 e. The molecule has 3 nitrogen and oxygen atoms in total. The second-order valence-electron chi connectivity index (χ2n) is 13.9. The molecule has 0 fully saturated rings. The average Bonchev–Trinajstić information content (AvgIpc) is 3.91. The molecule has 0 bridgehead atoms. The Kier molecular flexibility index (Phi) is 5.26. The van der Waals surface area contributed by atoms with Gasteiger partial charge in [-0.1, -0.05) is 115 Å². The summed E-state index contributed by atoms with van der Waals surface area (Å²) >= 11 is 0. The fourth-order valence-corrected chi connectivity index (χ4v) is 15.1. The third kappa shape index (κ3) is 3.44. The van der Waals surface area contributed by atoms with E-state index in [2.05, 4.69) is 161 Å². The van der Waals surface area contributed by atoms with Crippen LogP contribution in [0, 0.1) is 0 Å². The molecule has 1 spiro atoms. The molecule has 0 radical (unpaired) electrons. The van der Waals surface area contributed by atoms with Crippen molar-refractivity contribution in [2.24, 2.45) is 0 Å². The molecule has 236 valence electrons. The monoisotopic (exact) mass is 664 g/mol.